The minimum Gasteiger partial charge on any atom is -0.497 e. The molecule has 0 spiro atoms. The number of likely N-dealkylation sites (tertiary alicyclic amines) is 1. The van der Waals surface area contributed by atoms with E-state index in [9.17, 15) is 30.4 Å². The van der Waals surface area contributed by atoms with Crippen molar-refractivity contribution in [3.05, 3.63) is 54.1 Å². The van der Waals surface area contributed by atoms with Crippen LogP contribution in [0.5, 0.6) is 5.75 Å². The first-order valence-corrected chi connectivity index (χ1v) is 12.2. The van der Waals surface area contributed by atoms with E-state index in [1.807, 2.05) is 4.72 Å². The van der Waals surface area contributed by atoms with Gasteiger partial charge in [-0.1, -0.05) is 6.07 Å². The van der Waals surface area contributed by atoms with Crippen molar-refractivity contribution in [3.63, 3.8) is 0 Å². The molecule has 168 valence electrons. The van der Waals surface area contributed by atoms with E-state index in [0.29, 0.717) is 5.75 Å². The van der Waals surface area contributed by atoms with Gasteiger partial charge in [0.25, 0.3) is 0 Å². The number of sulfonamides is 1. The molecule has 2 aromatic carbocycles. The second-order valence-corrected chi connectivity index (χ2v) is 10.8. The van der Waals surface area contributed by atoms with Gasteiger partial charge in [-0.15, -0.1) is 0 Å². The summed E-state index contributed by atoms with van der Waals surface area (Å²) < 4.78 is 83.7. The molecular weight excluding hydrogens is 454 g/mol. The van der Waals surface area contributed by atoms with Gasteiger partial charge in [0.15, 0.2) is 14.7 Å². The first-order valence-electron chi connectivity index (χ1n) is 9.15. The summed E-state index contributed by atoms with van der Waals surface area (Å²) in [7, 11) is -6.65. The number of hydrogen-bond donors (Lipinski definition) is 1. The molecule has 31 heavy (non-hydrogen) atoms. The van der Waals surface area contributed by atoms with E-state index in [2.05, 4.69) is 0 Å². The molecule has 1 saturated heterocycles. The molecular formula is C19H20F2N2O6S2. The maximum Gasteiger partial charge on any atom is 0.246 e. The van der Waals surface area contributed by atoms with Crippen LogP contribution in [0.25, 0.3) is 0 Å². The number of ether oxygens (including phenoxy) is 1. The third kappa shape index (κ3) is 4.86. The van der Waals surface area contributed by atoms with Gasteiger partial charge in [0.05, 0.1) is 12.0 Å². The second kappa shape index (κ2) is 8.89. The number of sulfone groups is 1. The normalized spacial score (nSPS) is 14.9. The number of hydrogen-bond acceptors (Lipinski definition) is 6. The lowest BCUT2D eigenvalue weighted by atomic mass is 10.2. The van der Waals surface area contributed by atoms with Crippen molar-refractivity contribution in [2.45, 2.75) is 21.5 Å². The van der Waals surface area contributed by atoms with Crippen LogP contribution >= 0.6 is 0 Å². The van der Waals surface area contributed by atoms with Crippen LogP contribution in [0, 0.1) is 11.6 Å². The molecule has 0 aromatic heterocycles. The van der Waals surface area contributed by atoms with Gasteiger partial charge in [-0.25, -0.2) is 30.3 Å². The Labute approximate surface area is 178 Å². The van der Waals surface area contributed by atoms with Crippen molar-refractivity contribution in [1.82, 2.24) is 9.62 Å². The summed E-state index contributed by atoms with van der Waals surface area (Å²) in [5.74, 6) is -2.44. The summed E-state index contributed by atoms with van der Waals surface area (Å²) in [6.07, 6.45) is -0.287. The summed E-state index contributed by atoms with van der Waals surface area (Å²) in [6.45, 7) is -0.439. The van der Waals surface area contributed by atoms with Crippen molar-refractivity contribution in [2.75, 3.05) is 26.7 Å². The molecule has 12 heteroatoms. The minimum atomic E-state index is -4.48. The molecule has 0 bridgehead atoms. The molecule has 1 aliphatic heterocycles. The van der Waals surface area contributed by atoms with Crippen LogP contribution in [-0.4, -0.2) is 59.6 Å². The molecule has 0 radical (unpaired) electrons. The second-order valence-electron chi connectivity index (χ2n) is 6.84. The molecule has 0 atom stereocenters. The first kappa shape index (κ1) is 23.1. The van der Waals surface area contributed by atoms with E-state index in [1.165, 1.54) is 36.3 Å². The predicted octanol–water partition coefficient (Wildman–Crippen LogP) is 1.33. The van der Waals surface area contributed by atoms with Crippen LogP contribution in [0.2, 0.25) is 0 Å². The van der Waals surface area contributed by atoms with Gasteiger partial charge in [0.2, 0.25) is 15.9 Å². The molecule has 1 aliphatic rings. The molecule has 1 amide bonds. The van der Waals surface area contributed by atoms with E-state index in [1.54, 1.807) is 0 Å². The first-order chi connectivity index (χ1) is 14.6. The van der Waals surface area contributed by atoms with Gasteiger partial charge in [-0.2, -0.15) is 0 Å². The van der Waals surface area contributed by atoms with E-state index in [0.717, 1.165) is 18.2 Å². The van der Waals surface area contributed by atoms with Gasteiger partial charge in [0.1, 0.15) is 22.6 Å². The van der Waals surface area contributed by atoms with Crippen molar-refractivity contribution in [1.29, 1.82) is 0 Å². The maximum atomic E-state index is 13.7. The average Bonchev–Trinajstić information content (AvgIpc) is 2.66. The Kier molecular flexibility index (Phi) is 6.62. The number of nitrogens with zero attached hydrogens (tertiary/aromatic N) is 1. The lowest BCUT2D eigenvalue weighted by molar-refractivity contribution is -0.134. The minimum absolute atomic E-state index is 0.0259. The van der Waals surface area contributed by atoms with Gasteiger partial charge in [0, 0.05) is 26.1 Å². The molecule has 2 aromatic rings. The summed E-state index contributed by atoms with van der Waals surface area (Å²) in [6, 6.07) is 8.56. The van der Waals surface area contributed by atoms with E-state index in [4.69, 9.17) is 4.74 Å². The van der Waals surface area contributed by atoms with Crippen molar-refractivity contribution < 1.29 is 35.1 Å². The number of benzene rings is 2. The Morgan fingerprint density at radius 1 is 1.06 bits per heavy atom. The highest BCUT2D eigenvalue weighted by molar-refractivity contribution is 7.92. The van der Waals surface area contributed by atoms with Gasteiger partial charge in [-0.05, 0) is 36.4 Å². The molecule has 1 fully saturated rings. The Hall–Kier alpha value is -2.57. The summed E-state index contributed by atoms with van der Waals surface area (Å²) in [5, 5.41) is -0.769. The van der Waals surface area contributed by atoms with Crippen LogP contribution < -0.4 is 9.46 Å². The number of methoxy groups -OCH3 is 1. The lowest BCUT2D eigenvalue weighted by Gasteiger charge is -2.38. The fourth-order valence-electron chi connectivity index (χ4n) is 3.06. The van der Waals surface area contributed by atoms with Crippen LogP contribution in [0.3, 0.4) is 0 Å². The molecule has 1 N–H and O–H groups in total. The fourth-order valence-corrected chi connectivity index (χ4v) is 5.88. The lowest BCUT2D eigenvalue weighted by Crippen LogP contribution is -2.57. The molecule has 0 saturated carbocycles. The van der Waals surface area contributed by atoms with Crippen molar-refractivity contribution in [3.8, 4) is 5.75 Å². The topological polar surface area (TPSA) is 110 Å². The summed E-state index contributed by atoms with van der Waals surface area (Å²) in [4.78, 5) is 12.5. The third-order valence-electron chi connectivity index (χ3n) is 4.85. The maximum absolute atomic E-state index is 13.7. The number of rotatable bonds is 8. The van der Waals surface area contributed by atoms with Crippen molar-refractivity contribution >= 4 is 25.8 Å². The van der Waals surface area contributed by atoms with Crippen LogP contribution in [0.1, 0.15) is 6.42 Å². The van der Waals surface area contributed by atoms with Crippen LogP contribution in [-0.2, 0) is 24.7 Å². The summed E-state index contributed by atoms with van der Waals surface area (Å²) >= 11 is 0. The fraction of sp³-hybridized carbons (Fsp3) is 0.316. The number of amides is 1. The zero-order valence-corrected chi connectivity index (χ0v) is 18.0. The average molecular weight is 475 g/mol. The molecule has 3 rings (SSSR count). The Morgan fingerprint density at radius 2 is 1.65 bits per heavy atom. The van der Waals surface area contributed by atoms with Gasteiger partial charge in [-0.3, -0.25) is 4.79 Å². The molecule has 0 unspecified atom stereocenters. The zero-order chi connectivity index (χ0) is 22.8. The number of nitrogens with one attached hydrogen (secondary N) is 1. The Bertz CT molecular complexity index is 1160. The predicted molar refractivity (Wildman–Crippen MR) is 107 cm³/mol. The standard InChI is InChI=1S/C19H20F2N2O6S2/c1-29-13-5-7-14(8-6-13)30(25,26)15-11-23(12-15)18(24)9-10-22-31(27,28)19-16(20)3-2-4-17(19)21/h2-8,15,22H,9-12H2,1H3. The number of carbonyl (C=O) groups excluding carboxylic acids is 1. The van der Waals surface area contributed by atoms with E-state index < -0.39 is 47.5 Å². The van der Waals surface area contributed by atoms with Crippen LogP contribution in [0.15, 0.2) is 52.3 Å². The Morgan fingerprint density at radius 3 is 2.19 bits per heavy atom. The van der Waals surface area contributed by atoms with Crippen molar-refractivity contribution in [2.24, 2.45) is 0 Å². The molecule has 8 nitrogen and oxygen atoms in total. The highest BCUT2D eigenvalue weighted by Crippen LogP contribution is 2.26. The van der Waals surface area contributed by atoms with E-state index >= 15 is 0 Å². The van der Waals surface area contributed by atoms with E-state index in [-0.39, 0.29) is 31.0 Å². The Balaban J connectivity index is 1.53. The third-order valence-corrected chi connectivity index (χ3v) is 8.46. The molecule has 0 aliphatic carbocycles. The zero-order valence-electron chi connectivity index (χ0n) is 16.4. The summed E-state index contributed by atoms with van der Waals surface area (Å²) in [5.41, 5.74) is 0. The highest BCUT2D eigenvalue weighted by Gasteiger charge is 2.40. The smallest absolute Gasteiger partial charge is 0.246 e. The largest absolute Gasteiger partial charge is 0.497 e. The highest BCUT2D eigenvalue weighted by atomic mass is 32.2. The van der Waals surface area contributed by atoms with Crippen LogP contribution in [0.4, 0.5) is 8.78 Å². The SMILES string of the molecule is COc1ccc(S(=O)(=O)C2CN(C(=O)CCNS(=O)(=O)c3c(F)cccc3F)C2)cc1. The quantitative estimate of drug-likeness (QED) is 0.618. The number of carbonyl (C=O) groups is 1. The monoisotopic (exact) mass is 474 g/mol. The number of halogens is 2. The van der Waals surface area contributed by atoms with Gasteiger partial charge >= 0.3 is 0 Å². The molecule has 1 heterocycles. The van der Waals surface area contributed by atoms with Gasteiger partial charge < -0.3 is 9.64 Å².